The van der Waals surface area contributed by atoms with E-state index in [1.165, 1.54) is 76.4 Å². The maximum absolute atomic E-state index is 4.47. The van der Waals surface area contributed by atoms with E-state index in [4.69, 9.17) is 0 Å². The average Bonchev–Trinajstić information content (AvgIpc) is 3.23. The van der Waals surface area contributed by atoms with E-state index in [0.29, 0.717) is 0 Å². The van der Waals surface area contributed by atoms with Crippen LogP contribution in [0.15, 0.2) is 90.7 Å². The minimum Gasteiger partial charge on any atom is -0.347 e. The fourth-order valence-corrected chi connectivity index (χ4v) is 5.46. The lowest BCUT2D eigenvalue weighted by molar-refractivity contribution is 0.398. The van der Waals surface area contributed by atoms with Crippen molar-refractivity contribution in [3.63, 3.8) is 0 Å². The van der Waals surface area contributed by atoms with Gasteiger partial charge in [0.15, 0.2) is 0 Å². The number of aryl methyl sites for hydroxylation is 2. The maximum Gasteiger partial charge on any atom is 0.0486 e. The topological polar surface area (TPSA) is 4.93 Å². The molecule has 0 N–H and O–H groups in total. The third-order valence-electron chi connectivity index (χ3n) is 7.48. The number of aromatic nitrogens is 1. The van der Waals surface area contributed by atoms with Crippen LogP contribution in [-0.4, -0.2) is 4.57 Å². The van der Waals surface area contributed by atoms with Gasteiger partial charge in [-0.15, -0.1) is 0 Å². The second-order valence-corrected chi connectivity index (χ2v) is 10.3. The van der Waals surface area contributed by atoms with Crippen LogP contribution in [0.5, 0.6) is 0 Å². The summed E-state index contributed by atoms with van der Waals surface area (Å²) < 4.78 is 2.47. The molecule has 0 spiro atoms. The Hall–Kier alpha value is -3.06. The van der Waals surface area contributed by atoms with Gasteiger partial charge in [0.1, 0.15) is 0 Å². The Bertz CT molecular complexity index is 1280. The molecule has 2 aromatic carbocycles. The number of allylic oxidation sites excluding steroid dienone is 6. The number of rotatable bonds is 12. The Balaban J connectivity index is 2.20. The number of nitrogens with zero attached hydrogens (tertiary/aromatic N) is 1. The van der Waals surface area contributed by atoms with E-state index in [-0.39, 0.29) is 0 Å². The van der Waals surface area contributed by atoms with E-state index in [0.717, 1.165) is 23.6 Å². The summed E-state index contributed by atoms with van der Waals surface area (Å²) in [6.45, 7) is 23.2. The molecule has 0 saturated carbocycles. The molecule has 36 heavy (non-hydrogen) atoms. The molecule has 1 unspecified atom stereocenters. The summed E-state index contributed by atoms with van der Waals surface area (Å²) in [6, 6.07) is 17.5. The fraction of sp³-hybridized carbons (Fsp3) is 0.371. The normalized spacial score (nSPS) is 13.6. The van der Waals surface area contributed by atoms with Crippen LogP contribution >= 0.6 is 0 Å². The van der Waals surface area contributed by atoms with Gasteiger partial charge in [-0.3, -0.25) is 0 Å². The van der Waals surface area contributed by atoms with E-state index in [1.54, 1.807) is 0 Å². The van der Waals surface area contributed by atoms with Crippen LogP contribution in [0.2, 0.25) is 0 Å². The summed E-state index contributed by atoms with van der Waals surface area (Å²) in [6.07, 6.45) is 11.0. The Labute approximate surface area is 219 Å². The third-order valence-corrected chi connectivity index (χ3v) is 7.48. The molecule has 3 rings (SSSR count). The van der Waals surface area contributed by atoms with Gasteiger partial charge in [-0.2, -0.15) is 0 Å². The van der Waals surface area contributed by atoms with Gasteiger partial charge in [-0.25, -0.2) is 0 Å². The van der Waals surface area contributed by atoms with Gasteiger partial charge in [0.2, 0.25) is 0 Å². The Morgan fingerprint density at radius 2 is 1.61 bits per heavy atom. The smallest absolute Gasteiger partial charge is 0.0486 e. The van der Waals surface area contributed by atoms with Crippen molar-refractivity contribution in [2.75, 3.05) is 0 Å². The van der Waals surface area contributed by atoms with Crippen LogP contribution in [0.1, 0.15) is 83.4 Å². The number of benzene rings is 2. The van der Waals surface area contributed by atoms with Gasteiger partial charge in [0.25, 0.3) is 0 Å². The minimum absolute atomic E-state index is 0.785. The van der Waals surface area contributed by atoms with Gasteiger partial charge in [0, 0.05) is 29.2 Å². The predicted octanol–water partition coefficient (Wildman–Crippen LogP) is 10.6. The number of unbranched alkanes of at least 4 members (excludes halogenated alkanes) is 1. The largest absolute Gasteiger partial charge is 0.347 e. The lowest BCUT2D eigenvalue weighted by Gasteiger charge is -2.21. The summed E-state index contributed by atoms with van der Waals surface area (Å²) in [7, 11) is 0. The van der Waals surface area contributed by atoms with Gasteiger partial charge in [-0.05, 0) is 85.1 Å². The van der Waals surface area contributed by atoms with Crippen LogP contribution in [0.3, 0.4) is 0 Å². The first-order chi connectivity index (χ1) is 17.3. The second kappa shape index (κ2) is 12.8. The van der Waals surface area contributed by atoms with Crippen molar-refractivity contribution in [2.24, 2.45) is 5.92 Å². The highest BCUT2D eigenvalue weighted by Crippen LogP contribution is 2.41. The standard InChI is InChI=1S/C35H45N/c1-9-12-18-28(10-2)22-23-36-24-32(31-20-15-16-21-33(31)36)35(26(6)7)34(25(4)5)29(11-3)30-19-14-13-17-27(30)8/h11,13-17,19-21,24,28H,4,6,9-10,12,18,22-23H2,1-3,5,7-8H3/b29-11+,35-34-. The molecule has 1 atom stereocenters. The molecule has 0 aliphatic rings. The van der Waals surface area contributed by atoms with Crippen LogP contribution in [-0.2, 0) is 6.54 Å². The van der Waals surface area contributed by atoms with Crippen molar-refractivity contribution in [1.82, 2.24) is 4.57 Å². The van der Waals surface area contributed by atoms with Crippen LogP contribution in [0.4, 0.5) is 0 Å². The Morgan fingerprint density at radius 1 is 0.917 bits per heavy atom. The number of hydrogen-bond donors (Lipinski definition) is 0. The minimum atomic E-state index is 0.785. The quantitative estimate of drug-likeness (QED) is 0.228. The summed E-state index contributed by atoms with van der Waals surface area (Å²) in [5.41, 5.74) is 10.8. The average molecular weight is 480 g/mol. The second-order valence-electron chi connectivity index (χ2n) is 10.3. The van der Waals surface area contributed by atoms with E-state index in [1.807, 2.05) is 0 Å². The van der Waals surface area contributed by atoms with Crippen LogP contribution < -0.4 is 0 Å². The molecule has 0 saturated heterocycles. The van der Waals surface area contributed by atoms with Crippen LogP contribution in [0, 0.1) is 12.8 Å². The molecular formula is C35H45N. The molecule has 3 aromatic rings. The Kier molecular flexibility index (Phi) is 9.76. The zero-order chi connectivity index (χ0) is 26.2. The SMILES string of the molecule is C=C(C)C(=C(\C(=C)C)c1cn(CCC(CC)CCCC)c2ccccc12)/C(=C/C)c1ccccc1C. The van der Waals surface area contributed by atoms with Crippen molar-refractivity contribution in [3.05, 3.63) is 107 Å². The molecule has 1 nitrogen and oxygen atoms in total. The Morgan fingerprint density at radius 3 is 2.22 bits per heavy atom. The van der Waals surface area contributed by atoms with E-state index < -0.39 is 0 Å². The molecule has 1 heterocycles. The molecule has 1 aromatic heterocycles. The number of fused-ring (bicyclic) bond motifs is 1. The third kappa shape index (κ3) is 6.01. The van der Waals surface area contributed by atoms with Crippen molar-refractivity contribution in [1.29, 1.82) is 0 Å². The molecule has 0 amide bonds. The van der Waals surface area contributed by atoms with Gasteiger partial charge in [-0.1, -0.05) is 101 Å². The van der Waals surface area contributed by atoms with E-state index in [9.17, 15) is 0 Å². The highest BCUT2D eigenvalue weighted by Gasteiger charge is 2.21. The summed E-state index contributed by atoms with van der Waals surface area (Å²) >= 11 is 0. The first-order valence-corrected chi connectivity index (χ1v) is 13.7. The predicted molar refractivity (Wildman–Crippen MR) is 161 cm³/mol. The van der Waals surface area contributed by atoms with E-state index >= 15 is 0 Å². The van der Waals surface area contributed by atoms with Crippen LogP contribution in [0.25, 0.3) is 22.0 Å². The molecule has 0 radical (unpaired) electrons. The van der Waals surface area contributed by atoms with Crippen molar-refractivity contribution >= 4 is 22.0 Å². The van der Waals surface area contributed by atoms with Crippen molar-refractivity contribution < 1.29 is 0 Å². The highest BCUT2D eigenvalue weighted by atomic mass is 15.0. The first kappa shape index (κ1) is 27.5. The first-order valence-electron chi connectivity index (χ1n) is 13.7. The lowest BCUT2D eigenvalue weighted by atomic mass is 9.83. The van der Waals surface area contributed by atoms with Gasteiger partial charge in [0.05, 0.1) is 0 Å². The summed E-state index contributed by atoms with van der Waals surface area (Å²) in [5, 5.41) is 1.29. The van der Waals surface area contributed by atoms with Crippen molar-refractivity contribution in [3.8, 4) is 0 Å². The molecule has 1 heteroatoms. The summed E-state index contributed by atoms with van der Waals surface area (Å²) in [4.78, 5) is 0. The zero-order valence-electron chi connectivity index (χ0n) is 23.5. The monoisotopic (exact) mass is 479 g/mol. The molecule has 0 aliphatic heterocycles. The maximum atomic E-state index is 4.47. The summed E-state index contributed by atoms with van der Waals surface area (Å²) in [5.74, 6) is 0.785. The molecule has 0 bridgehead atoms. The zero-order valence-corrected chi connectivity index (χ0v) is 23.5. The molecule has 0 aliphatic carbocycles. The molecular weight excluding hydrogens is 434 g/mol. The van der Waals surface area contributed by atoms with Crippen molar-refractivity contribution in [2.45, 2.75) is 80.2 Å². The fourth-order valence-electron chi connectivity index (χ4n) is 5.46. The van der Waals surface area contributed by atoms with E-state index in [2.05, 4.69) is 120 Å². The number of para-hydroxylation sites is 1. The molecule has 0 fully saturated rings. The molecule has 190 valence electrons. The number of hydrogen-bond acceptors (Lipinski definition) is 0. The van der Waals surface area contributed by atoms with Gasteiger partial charge >= 0.3 is 0 Å². The van der Waals surface area contributed by atoms with Gasteiger partial charge < -0.3 is 4.57 Å². The highest BCUT2D eigenvalue weighted by molar-refractivity contribution is 6.04. The lowest BCUT2D eigenvalue weighted by Crippen LogP contribution is -2.05.